The molecular weight excluding hydrogens is 556 g/mol. The number of hydrogen-bond acceptors (Lipinski definition) is 7. The fourth-order valence-corrected chi connectivity index (χ4v) is 5.45. The number of nitriles is 1. The summed E-state index contributed by atoms with van der Waals surface area (Å²) in [6.45, 7) is 3.94. The van der Waals surface area contributed by atoms with Crippen molar-refractivity contribution < 1.29 is 17.6 Å². The number of nitrogens with zero attached hydrogens (tertiary/aromatic N) is 2. The van der Waals surface area contributed by atoms with Gasteiger partial charge in [-0.15, -0.1) is 0 Å². The first-order valence-corrected chi connectivity index (χ1v) is 14.8. The number of carbonyl (C=O) groups is 1. The number of hydrogen-bond donors (Lipinski definition) is 2. The first-order valence-electron chi connectivity index (χ1n) is 12.4. The molecule has 0 spiro atoms. The van der Waals surface area contributed by atoms with Gasteiger partial charge in [-0.05, 0) is 62.4 Å². The molecule has 2 aromatic heterocycles. The van der Waals surface area contributed by atoms with Crippen LogP contribution in [0.2, 0.25) is 0 Å². The molecule has 0 radical (unpaired) electrons. The molecule has 0 atom stereocenters. The van der Waals surface area contributed by atoms with Gasteiger partial charge in [-0.3, -0.25) is 4.79 Å². The number of nitrogens with one attached hydrogen (secondary N) is 1. The van der Waals surface area contributed by atoms with E-state index in [0.717, 1.165) is 16.7 Å². The summed E-state index contributed by atoms with van der Waals surface area (Å²) >= 11 is 1.20. The molecule has 0 bridgehead atoms. The van der Waals surface area contributed by atoms with Gasteiger partial charge in [-0.25, -0.2) is 18.5 Å². The van der Waals surface area contributed by atoms with Gasteiger partial charge in [0.1, 0.15) is 33.3 Å². The number of thiazole rings is 1. The van der Waals surface area contributed by atoms with E-state index in [2.05, 4.69) is 11.4 Å². The van der Waals surface area contributed by atoms with E-state index >= 15 is 0 Å². The minimum absolute atomic E-state index is 0.00174. The van der Waals surface area contributed by atoms with Crippen molar-refractivity contribution in [3.63, 3.8) is 0 Å². The first-order chi connectivity index (χ1) is 19.6. The molecule has 10 heteroatoms. The molecule has 1 amide bonds. The minimum Gasteiger partial charge on any atom is -0.457 e. The van der Waals surface area contributed by atoms with Gasteiger partial charge in [0.25, 0.3) is 5.91 Å². The lowest BCUT2D eigenvalue weighted by molar-refractivity contribution is 0.102. The van der Waals surface area contributed by atoms with Gasteiger partial charge in [0.2, 0.25) is 10.0 Å². The third kappa shape index (κ3) is 6.34. The van der Waals surface area contributed by atoms with Crippen LogP contribution in [-0.2, 0) is 10.0 Å². The predicted molar refractivity (Wildman–Crippen MR) is 160 cm³/mol. The number of nitrogens with two attached hydrogens (primary N) is 1. The highest BCUT2D eigenvalue weighted by atomic mass is 32.2. The van der Waals surface area contributed by atoms with E-state index in [1.165, 1.54) is 23.5 Å². The Morgan fingerprint density at radius 1 is 0.927 bits per heavy atom. The number of allylic oxidation sites excluding steroid dienone is 1. The molecule has 8 nitrogen and oxygen atoms in total. The molecule has 204 valence electrons. The largest absolute Gasteiger partial charge is 0.457 e. The van der Waals surface area contributed by atoms with Crippen LogP contribution >= 0.6 is 11.3 Å². The molecule has 5 rings (SSSR count). The number of furan rings is 1. The summed E-state index contributed by atoms with van der Waals surface area (Å²) in [4.78, 5) is 17.8. The van der Waals surface area contributed by atoms with Crippen molar-refractivity contribution in [3.8, 4) is 28.7 Å². The zero-order valence-electron chi connectivity index (χ0n) is 22.1. The van der Waals surface area contributed by atoms with Crippen molar-refractivity contribution in [2.45, 2.75) is 18.7 Å². The van der Waals surface area contributed by atoms with Gasteiger partial charge < -0.3 is 9.73 Å². The van der Waals surface area contributed by atoms with Gasteiger partial charge in [-0.1, -0.05) is 58.9 Å². The van der Waals surface area contributed by atoms with E-state index < -0.39 is 10.0 Å². The molecule has 0 aliphatic carbocycles. The zero-order chi connectivity index (χ0) is 29.1. The molecule has 41 heavy (non-hydrogen) atoms. The Kier molecular flexibility index (Phi) is 7.68. The summed E-state index contributed by atoms with van der Waals surface area (Å²) in [6.07, 6.45) is 1.57. The third-order valence-corrected chi connectivity index (χ3v) is 8.16. The fraction of sp³-hybridized carbons (Fsp3) is 0.0645. The summed E-state index contributed by atoms with van der Waals surface area (Å²) in [7, 11) is -3.80. The summed E-state index contributed by atoms with van der Waals surface area (Å²) in [5.41, 5.74) is 4.90. The van der Waals surface area contributed by atoms with Crippen LogP contribution in [0.5, 0.6) is 0 Å². The van der Waals surface area contributed by atoms with Crippen molar-refractivity contribution in [3.05, 3.63) is 112 Å². The second kappa shape index (κ2) is 11.3. The lowest BCUT2D eigenvalue weighted by Gasteiger charge is -2.06. The maximum Gasteiger partial charge on any atom is 0.256 e. The smallest absolute Gasteiger partial charge is 0.256 e. The Hall–Kier alpha value is -4.82. The van der Waals surface area contributed by atoms with Crippen molar-refractivity contribution in [1.29, 1.82) is 5.26 Å². The highest BCUT2D eigenvalue weighted by Crippen LogP contribution is 2.37. The van der Waals surface area contributed by atoms with Gasteiger partial charge in [-0.2, -0.15) is 5.26 Å². The first kappa shape index (κ1) is 27.7. The molecule has 0 fully saturated rings. The number of aromatic nitrogens is 1. The summed E-state index contributed by atoms with van der Waals surface area (Å²) in [6, 6.07) is 26.6. The van der Waals surface area contributed by atoms with Crippen LogP contribution in [0, 0.1) is 25.2 Å². The van der Waals surface area contributed by atoms with Gasteiger partial charge in [0.05, 0.1) is 10.5 Å². The average molecular weight is 581 g/mol. The number of aryl methyl sites for hydroxylation is 2. The van der Waals surface area contributed by atoms with Crippen LogP contribution in [0.15, 0.2) is 94.2 Å². The summed E-state index contributed by atoms with van der Waals surface area (Å²) < 4.78 is 29.0. The quantitative estimate of drug-likeness (QED) is 0.207. The number of carbonyl (C=O) groups excluding carboxylic acids is 1. The van der Waals surface area contributed by atoms with Crippen LogP contribution in [0.1, 0.15) is 32.3 Å². The lowest BCUT2D eigenvalue weighted by Crippen LogP contribution is -2.11. The van der Waals surface area contributed by atoms with Crippen LogP contribution in [0.3, 0.4) is 0 Å². The SMILES string of the molecule is Cc1ccc(C(=O)Nc2sc(C(C#N)=Cc3ccc(-c4ccc(S(N)(=O)=O)cc4)o3)nc2-c2ccc(C)cc2)cc1. The summed E-state index contributed by atoms with van der Waals surface area (Å²) in [5, 5.41) is 19.1. The maximum atomic E-state index is 13.0. The van der Waals surface area contributed by atoms with E-state index in [1.807, 2.05) is 50.2 Å². The Labute approximate surface area is 241 Å². The van der Waals surface area contributed by atoms with Crippen molar-refractivity contribution in [2.24, 2.45) is 5.14 Å². The second-order valence-electron chi connectivity index (χ2n) is 9.32. The molecule has 2 heterocycles. The number of amides is 1. The molecule has 0 saturated heterocycles. The average Bonchev–Trinajstić information content (AvgIpc) is 3.59. The molecule has 5 aromatic rings. The second-order valence-corrected chi connectivity index (χ2v) is 11.9. The maximum absolute atomic E-state index is 13.0. The highest BCUT2D eigenvalue weighted by Gasteiger charge is 2.19. The van der Waals surface area contributed by atoms with E-state index in [1.54, 1.807) is 42.5 Å². The Morgan fingerprint density at radius 2 is 1.54 bits per heavy atom. The van der Waals surface area contributed by atoms with Gasteiger partial charge in [0.15, 0.2) is 0 Å². The Bertz CT molecular complexity index is 1910. The Morgan fingerprint density at radius 3 is 2.15 bits per heavy atom. The molecule has 3 N–H and O–H groups in total. The predicted octanol–water partition coefficient (Wildman–Crippen LogP) is 6.65. The number of benzene rings is 3. The normalized spacial score (nSPS) is 11.7. The monoisotopic (exact) mass is 580 g/mol. The topological polar surface area (TPSA) is 139 Å². The van der Waals surface area contributed by atoms with Crippen molar-refractivity contribution >= 4 is 43.9 Å². The van der Waals surface area contributed by atoms with E-state index in [-0.39, 0.29) is 16.4 Å². The number of rotatable bonds is 7. The van der Waals surface area contributed by atoms with Crippen LogP contribution in [0.4, 0.5) is 5.00 Å². The van der Waals surface area contributed by atoms with E-state index in [4.69, 9.17) is 14.5 Å². The van der Waals surface area contributed by atoms with Crippen LogP contribution in [-0.4, -0.2) is 19.3 Å². The van der Waals surface area contributed by atoms with Crippen molar-refractivity contribution in [2.75, 3.05) is 5.32 Å². The molecule has 0 aliphatic heterocycles. The Balaban J connectivity index is 1.48. The van der Waals surface area contributed by atoms with E-state index in [9.17, 15) is 18.5 Å². The fourth-order valence-electron chi connectivity index (χ4n) is 3.99. The van der Waals surface area contributed by atoms with Gasteiger partial charge in [0, 0.05) is 22.8 Å². The highest BCUT2D eigenvalue weighted by molar-refractivity contribution is 7.89. The minimum atomic E-state index is -3.80. The number of primary sulfonamides is 1. The van der Waals surface area contributed by atoms with Crippen LogP contribution < -0.4 is 10.5 Å². The number of anilines is 1. The van der Waals surface area contributed by atoms with Crippen LogP contribution in [0.25, 0.3) is 34.2 Å². The summed E-state index contributed by atoms with van der Waals surface area (Å²) in [5.74, 6) is 0.615. The lowest BCUT2D eigenvalue weighted by atomic mass is 10.1. The standard InChI is InChI=1S/C31H24N4O4S2/c1-19-3-7-22(8-4-19)28-31(35-29(36)23-9-5-20(2)6-10-23)40-30(34-28)24(18-32)17-25-13-16-27(39-25)21-11-14-26(15-12-21)41(33,37)38/h3-17H,1-2H3,(H,35,36)(H2,33,37,38). The number of sulfonamides is 1. The third-order valence-electron chi connectivity index (χ3n) is 6.22. The molecule has 0 aliphatic rings. The van der Waals surface area contributed by atoms with Crippen molar-refractivity contribution in [1.82, 2.24) is 4.98 Å². The molecular formula is C31H24N4O4S2. The molecule has 3 aromatic carbocycles. The molecule has 0 unspecified atom stereocenters. The van der Waals surface area contributed by atoms with E-state index in [0.29, 0.717) is 38.4 Å². The van der Waals surface area contributed by atoms with Gasteiger partial charge >= 0.3 is 0 Å². The molecule has 0 saturated carbocycles. The zero-order valence-corrected chi connectivity index (χ0v) is 23.7.